The van der Waals surface area contributed by atoms with Crippen molar-refractivity contribution in [3.63, 3.8) is 0 Å². The second kappa shape index (κ2) is 5.13. The molecule has 8 heteroatoms. The van der Waals surface area contributed by atoms with Gasteiger partial charge in [-0.3, -0.25) is 9.48 Å². The summed E-state index contributed by atoms with van der Waals surface area (Å²) in [5.74, 6) is -0.0790. The standard InChI is InChI=1S/C11H16ClN3O3S/c1-7-11(12)8(2)15(14-7)5-10(16)13-9-3-4-19(17,18)6-9/h9H,3-6H2,1-2H3,(H,13,16). The summed E-state index contributed by atoms with van der Waals surface area (Å²) in [7, 11) is -2.98. The Kier molecular flexibility index (Phi) is 3.87. The fourth-order valence-corrected chi connectivity index (χ4v) is 3.96. The van der Waals surface area contributed by atoms with Crippen LogP contribution in [0.3, 0.4) is 0 Å². The molecule has 1 atom stereocenters. The lowest BCUT2D eigenvalue weighted by atomic mass is 10.2. The average Bonchev–Trinajstić information content (AvgIpc) is 2.75. The monoisotopic (exact) mass is 305 g/mol. The molecule has 1 aliphatic heterocycles. The van der Waals surface area contributed by atoms with Crippen molar-refractivity contribution in [1.29, 1.82) is 0 Å². The Balaban J connectivity index is 1.97. The van der Waals surface area contributed by atoms with Gasteiger partial charge >= 0.3 is 0 Å². The van der Waals surface area contributed by atoms with E-state index in [-0.39, 0.29) is 30.0 Å². The van der Waals surface area contributed by atoms with Crippen molar-refractivity contribution >= 4 is 27.3 Å². The van der Waals surface area contributed by atoms with E-state index in [4.69, 9.17) is 11.6 Å². The van der Waals surface area contributed by atoms with E-state index in [2.05, 4.69) is 10.4 Å². The van der Waals surface area contributed by atoms with Crippen LogP contribution in [-0.2, 0) is 21.2 Å². The number of aryl methyl sites for hydroxylation is 1. The Hall–Kier alpha value is -1.08. The van der Waals surface area contributed by atoms with Gasteiger partial charge in [0, 0.05) is 6.04 Å². The van der Waals surface area contributed by atoms with Crippen molar-refractivity contribution in [2.24, 2.45) is 0 Å². The van der Waals surface area contributed by atoms with Crippen LogP contribution in [-0.4, -0.2) is 41.7 Å². The van der Waals surface area contributed by atoms with Gasteiger partial charge in [-0.1, -0.05) is 11.6 Å². The molecule has 1 aromatic rings. The number of hydrogen-bond donors (Lipinski definition) is 1. The summed E-state index contributed by atoms with van der Waals surface area (Å²) in [5, 5.41) is 7.43. The number of carbonyl (C=O) groups excluding carboxylic acids is 1. The molecule has 2 heterocycles. The first kappa shape index (κ1) is 14.3. The third kappa shape index (κ3) is 3.27. The summed E-state index contributed by atoms with van der Waals surface area (Å²) in [6.07, 6.45) is 0.478. The number of aromatic nitrogens is 2. The van der Waals surface area contributed by atoms with Crippen LogP contribution in [0, 0.1) is 13.8 Å². The fraction of sp³-hybridized carbons (Fsp3) is 0.636. The van der Waals surface area contributed by atoms with Crippen LogP contribution in [0.5, 0.6) is 0 Å². The molecule has 1 aliphatic rings. The molecule has 2 rings (SSSR count). The maximum Gasteiger partial charge on any atom is 0.241 e. The Morgan fingerprint density at radius 3 is 2.68 bits per heavy atom. The van der Waals surface area contributed by atoms with Crippen molar-refractivity contribution in [3.8, 4) is 0 Å². The van der Waals surface area contributed by atoms with Gasteiger partial charge in [-0.25, -0.2) is 8.42 Å². The SMILES string of the molecule is Cc1nn(CC(=O)NC2CCS(=O)(=O)C2)c(C)c1Cl. The molecular formula is C11H16ClN3O3S. The summed E-state index contributed by atoms with van der Waals surface area (Å²) in [5.41, 5.74) is 1.41. The minimum Gasteiger partial charge on any atom is -0.351 e. The summed E-state index contributed by atoms with van der Waals surface area (Å²) >= 11 is 6.00. The molecule has 1 saturated heterocycles. The number of carbonyl (C=O) groups is 1. The van der Waals surface area contributed by atoms with Crippen LogP contribution in [0.15, 0.2) is 0 Å². The highest BCUT2D eigenvalue weighted by Gasteiger charge is 2.29. The summed E-state index contributed by atoms with van der Waals surface area (Å²) in [4.78, 5) is 11.8. The normalized spacial score (nSPS) is 21.5. The molecule has 19 heavy (non-hydrogen) atoms. The number of hydrogen-bond acceptors (Lipinski definition) is 4. The molecule has 1 unspecified atom stereocenters. The molecular weight excluding hydrogens is 290 g/mol. The minimum atomic E-state index is -2.98. The molecule has 0 bridgehead atoms. The van der Waals surface area contributed by atoms with Gasteiger partial charge in [-0.2, -0.15) is 5.10 Å². The lowest BCUT2D eigenvalue weighted by Crippen LogP contribution is -2.38. The van der Waals surface area contributed by atoms with Gasteiger partial charge in [-0.05, 0) is 20.3 Å². The lowest BCUT2D eigenvalue weighted by molar-refractivity contribution is -0.122. The van der Waals surface area contributed by atoms with Gasteiger partial charge in [0.15, 0.2) is 9.84 Å². The van der Waals surface area contributed by atoms with Crippen molar-refractivity contribution < 1.29 is 13.2 Å². The first-order valence-corrected chi connectivity index (χ1v) is 8.18. The predicted octanol–water partition coefficient (Wildman–Crippen LogP) is 0.457. The highest BCUT2D eigenvalue weighted by atomic mass is 35.5. The molecule has 0 aliphatic carbocycles. The van der Waals surface area contributed by atoms with Gasteiger partial charge in [-0.15, -0.1) is 0 Å². The summed E-state index contributed by atoms with van der Waals surface area (Å²) < 4.78 is 24.1. The van der Waals surface area contributed by atoms with Gasteiger partial charge < -0.3 is 5.32 Å². The van der Waals surface area contributed by atoms with E-state index in [0.29, 0.717) is 17.1 Å². The number of rotatable bonds is 3. The van der Waals surface area contributed by atoms with Crippen LogP contribution >= 0.6 is 11.6 Å². The molecule has 0 radical (unpaired) electrons. The third-order valence-corrected chi connectivity index (χ3v) is 5.50. The van der Waals surface area contributed by atoms with E-state index in [1.165, 1.54) is 4.68 Å². The maximum atomic E-state index is 11.8. The van der Waals surface area contributed by atoms with E-state index in [9.17, 15) is 13.2 Å². The first-order chi connectivity index (χ1) is 8.78. The van der Waals surface area contributed by atoms with Crippen molar-refractivity contribution in [2.75, 3.05) is 11.5 Å². The highest BCUT2D eigenvalue weighted by molar-refractivity contribution is 7.91. The summed E-state index contributed by atoms with van der Waals surface area (Å²) in [6.45, 7) is 3.61. The lowest BCUT2D eigenvalue weighted by Gasteiger charge is -2.11. The summed E-state index contributed by atoms with van der Waals surface area (Å²) in [6, 6.07) is -0.287. The van der Waals surface area contributed by atoms with Gasteiger partial charge in [0.25, 0.3) is 0 Å². The minimum absolute atomic E-state index is 0.0244. The number of nitrogens with one attached hydrogen (secondary N) is 1. The van der Waals surface area contributed by atoms with Crippen LogP contribution < -0.4 is 5.32 Å². The van der Waals surface area contributed by atoms with Crippen molar-refractivity contribution in [2.45, 2.75) is 32.9 Å². The topological polar surface area (TPSA) is 81.1 Å². The van der Waals surface area contributed by atoms with E-state index in [1.807, 2.05) is 0 Å². The molecule has 1 N–H and O–H groups in total. The number of nitrogens with zero attached hydrogens (tertiary/aromatic N) is 2. The van der Waals surface area contributed by atoms with Crippen molar-refractivity contribution in [3.05, 3.63) is 16.4 Å². The smallest absolute Gasteiger partial charge is 0.241 e. The van der Waals surface area contributed by atoms with Gasteiger partial charge in [0.05, 0.1) is 27.9 Å². The van der Waals surface area contributed by atoms with E-state index >= 15 is 0 Å². The average molecular weight is 306 g/mol. The van der Waals surface area contributed by atoms with Crippen LogP contribution in [0.1, 0.15) is 17.8 Å². The zero-order valence-electron chi connectivity index (χ0n) is 10.8. The van der Waals surface area contributed by atoms with Crippen LogP contribution in [0.25, 0.3) is 0 Å². The molecule has 0 spiro atoms. The molecule has 0 saturated carbocycles. The molecule has 0 aromatic carbocycles. The first-order valence-electron chi connectivity index (χ1n) is 5.98. The second-order valence-electron chi connectivity index (χ2n) is 4.81. The molecule has 1 aromatic heterocycles. The van der Waals surface area contributed by atoms with Gasteiger partial charge in [0.2, 0.25) is 5.91 Å². The van der Waals surface area contributed by atoms with E-state index in [1.54, 1.807) is 13.8 Å². The Morgan fingerprint density at radius 1 is 1.53 bits per heavy atom. The highest BCUT2D eigenvalue weighted by Crippen LogP contribution is 2.18. The number of amides is 1. The predicted molar refractivity (Wildman–Crippen MR) is 71.9 cm³/mol. The van der Waals surface area contributed by atoms with Crippen LogP contribution in [0.2, 0.25) is 5.02 Å². The van der Waals surface area contributed by atoms with E-state index < -0.39 is 9.84 Å². The molecule has 1 amide bonds. The molecule has 1 fully saturated rings. The van der Waals surface area contributed by atoms with Gasteiger partial charge in [0.1, 0.15) is 6.54 Å². The van der Waals surface area contributed by atoms with Crippen molar-refractivity contribution in [1.82, 2.24) is 15.1 Å². The molecule has 6 nitrogen and oxygen atoms in total. The fourth-order valence-electron chi connectivity index (χ4n) is 2.15. The zero-order valence-corrected chi connectivity index (χ0v) is 12.4. The number of halogens is 1. The number of sulfone groups is 1. The zero-order chi connectivity index (χ0) is 14.2. The Bertz CT molecular complexity index is 609. The van der Waals surface area contributed by atoms with E-state index in [0.717, 1.165) is 5.69 Å². The quantitative estimate of drug-likeness (QED) is 0.879. The second-order valence-corrected chi connectivity index (χ2v) is 7.42. The molecule has 106 valence electrons. The maximum absolute atomic E-state index is 11.8. The third-order valence-electron chi connectivity index (χ3n) is 3.18. The Morgan fingerprint density at radius 2 is 2.21 bits per heavy atom. The largest absolute Gasteiger partial charge is 0.351 e. The van der Waals surface area contributed by atoms with Crippen LogP contribution in [0.4, 0.5) is 0 Å². The Labute approximate surface area is 117 Å².